The fourth-order valence-electron chi connectivity index (χ4n) is 4.63. The first-order chi connectivity index (χ1) is 19.8. The summed E-state index contributed by atoms with van der Waals surface area (Å²) in [7, 11) is 1.51. The highest BCUT2D eigenvalue weighted by molar-refractivity contribution is 5.33. The number of imidazole rings is 1. The van der Waals surface area contributed by atoms with Gasteiger partial charge in [0.25, 0.3) is 5.82 Å². The summed E-state index contributed by atoms with van der Waals surface area (Å²) in [6.45, 7) is 3.11. The van der Waals surface area contributed by atoms with Crippen molar-refractivity contribution in [1.29, 1.82) is 0 Å². The first kappa shape index (κ1) is 36.6. The van der Waals surface area contributed by atoms with E-state index in [9.17, 15) is 52.7 Å². The van der Waals surface area contributed by atoms with Gasteiger partial charge in [0.05, 0.1) is 13.7 Å². The van der Waals surface area contributed by atoms with Crippen molar-refractivity contribution in [2.75, 3.05) is 7.11 Å². The molecule has 0 fully saturated rings. The summed E-state index contributed by atoms with van der Waals surface area (Å²) in [5, 5.41) is 0. The van der Waals surface area contributed by atoms with Gasteiger partial charge in [0.2, 0.25) is 0 Å². The number of benzene rings is 1. The molecule has 0 saturated carbocycles. The molecule has 2 aromatic rings. The average molecular weight is 644 g/mol. The molecule has 1 aromatic heterocycles. The second-order valence-corrected chi connectivity index (χ2v) is 10.5. The van der Waals surface area contributed by atoms with E-state index in [4.69, 9.17) is 4.74 Å². The number of hydrogen-bond donors (Lipinski definition) is 0. The van der Waals surface area contributed by atoms with Crippen LogP contribution in [0.2, 0.25) is 0 Å². The lowest BCUT2D eigenvalue weighted by atomic mass is 9.94. The quantitative estimate of drug-likeness (QED) is 0.0900. The van der Waals surface area contributed by atoms with Crippen molar-refractivity contribution in [3.05, 3.63) is 47.8 Å². The first-order valence-corrected chi connectivity index (χ1v) is 13.8. The zero-order valence-corrected chi connectivity index (χ0v) is 23.7. The monoisotopic (exact) mass is 643 g/mol. The molecule has 1 aromatic carbocycles. The molecule has 3 nitrogen and oxygen atoms in total. The first-order valence-electron chi connectivity index (χ1n) is 13.8. The van der Waals surface area contributed by atoms with Crippen LogP contribution in [0.5, 0.6) is 5.75 Å². The average Bonchev–Trinajstić information content (AvgIpc) is 3.25. The van der Waals surface area contributed by atoms with Crippen molar-refractivity contribution in [3.63, 3.8) is 0 Å². The molecule has 43 heavy (non-hydrogen) atoms. The van der Waals surface area contributed by atoms with Gasteiger partial charge in [0.15, 0.2) is 0 Å². The number of ether oxygens (including phenoxy) is 1. The molecule has 15 heteroatoms. The summed E-state index contributed by atoms with van der Waals surface area (Å²) >= 11 is 0. The van der Waals surface area contributed by atoms with Crippen LogP contribution in [-0.2, 0) is 13.1 Å². The summed E-state index contributed by atoms with van der Waals surface area (Å²) in [5.41, 5.74) is 0.701. The third-order valence-corrected chi connectivity index (χ3v) is 7.33. The maximum Gasteiger partial charge on any atom is 0.460 e. The van der Waals surface area contributed by atoms with Crippen LogP contribution < -0.4 is 9.30 Å². The molecule has 0 N–H and O–H groups in total. The lowest BCUT2D eigenvalue weighted by Crippen LogP contribution is -2.66. The second kappa shape index (κ2) is 14.4. The highest BCUT2D eigenvalue weighted by Crippen LogP contribution is 2.58. The van der Waals surface area contributed by atoms with Gasteiger partial charge in [-0.1, -0.05) is 38.5 Å². The minimum Gasteiger partial charge on any atom is -0.496 e. The zero-order valence-electron chi connectivity index (χ0n) is 23.7. The Morgan fingerprint density at radius 2 is 1.26 bits per heavy atom. The fraction of sp³-hybridized carbons (Fsp3) is 0.679. The van der Waals surface area contributed by atoms with E-state index in [-0.39, 0.29) is 18.7 Å². The SMILES string of the molecule is COc1ccc(F)cc1C[n+]1ccn(CCCCCCCCCCCC(F)(F)C(F)(F)C(F)(F)C(F)(F)C(F)(F)F)c1C. The van der Waals surface area contributed by atoms with E-state index < -0.39 is 42.7 Å². The maximum absolute atomic E-state index is 13.7. The molecule has 0 saturated heterocycles. The van der Waals surface area contributed by atoms with Gasteiger partial charge in [-0.15, -0.1) is 0 Å². The van der Waals surface area contributed by atoms with Crippen LogP contribution >= 0.6 is 0 Å². The van der Waals surface area contributed by atoms with Gasteiger partial charge in [-0.05, 0) is 37.5 Å². The molecular weight excluding hydrogens is 608 g/mol. The van der Waals surface area contributed by atoms with E-state index in [2.05, 4.69) is 4.57 Å². The molecule has 0 aliphatic carbocycles. The Bertz CT molecular complexity index is 1160. The Hall–Kier alpha value is -2.61. The molecule has 0 unspecified atom stereocenters. The van der Waals surface area contributed by atoms with Crippen molar-refractivity contribution in [3.8, 4) is 5.75 Å². The number of aryl methyl sites for hydroxylation is 1. The van der Waals surface area contributed by atoms with Crippen molar-refractivity contribution in [2.45, 2.75) is 114 Å². The molecule has 0 bridgehead atoms. The highest BCUT2D eigenvalue weighted by Gasteiger charge is 2.86. The summed E-state index contributed by atoms with van der Waals surface area (Å²) in [6.07, 6.45) is -1.29. The van der Waals surface area contributed by atoms with Crippen LogP contribution in [0.4, 0.5) is 52.7 Å². The molecule has 0 atom stereocenters. The summed E-state index contributed by atoms with van der Waals surface area (Å²) in [4.78, 5) is 0. The van der Waals surface area contributed by atoms with E-state index in [1.807, 2.05) is 23.9 Å². The third-order valence-electron chi connectivity index (χ3n) is 7.33. The standard InChI is InChI=1S/C28H35F12N2O/c1-20-41(16-17-42(20)19-21-18-22(29)12-13-23(21)43-2)15-11-9-7-5-3-4-6-8-10-14-24(30,31)25(32,33)26(34,35)27(36,37)28(38,39)40/h12-13,16-18H,3-11,14-15,19H2,1-2H3/q+1. The van der Waals surface area contributed by atoms with Crippen molar-refractivity contribution < 1.29 is 62.0 Å². The van der Waals surface area contributed by atoms with Gasteiger partial charge in [0, 0.05) is 18.9 Å². The van der Waals surface area contributed by atoms with E-state index >= 15 is 0 Å². The summed E-state index contributed by atoms with van der Waals surface area (Å²) in [6, 6.07) is 4.31. The van der Waals surface area contributed by atoms with Crippen molar-refractivity contribution in [2.24, 2.45) is 0 Å². The lowest BCUT2D eigenvalue weighted by Gasteiger charge is -2.37. The number of unbranched alkanes of at least 4 members (excludes halogenated alkanes) is 8. The van der Waals surface area contributed by atoms with Gasteiger partial charge >= 0.3 is 29.9 Å². The molecule has 0 aliphatic heterocycles. The molecule has 0 amide bonds. The Balaban J connectivity index is 1.66. The van der Waals surface area contributed by atoms with Crippen LogP contribution in [-0.4, -0.2) is 41.5 Å². The smallest absolute Gasteiger partial charge is 0.460 e. The van der Waals surface area contributed by atoms with Crippen LogP contribution in [0.1, 0.15) is 75.6 Å². The molecule has 0 radical (unpaired) electrons. The Morgan fingerprint density at radius 3 is 1.79 bits per heavy atom. The van der Waals surface area contributed by atoms with E-state index in [1.165, 1.54) is 19.2 Å². The minimum atomic E-state index is -7.34. The van der Waals surface area contributed by atoms with Crippen LogP contribution in [0.15, 0.2) is 30.6 Å². The van der Waals surface area contributed by atoms with Gasteiger partial charge in [0.1, 0.15) is 30.5 Å². The summed E-state index contributed by atoms with van der Waals surface area (Å²) < 4.78 is 166. The van der Waals surface area contributed by atoms with Gasteiger partial charge in [-0.2, -0.15) is 48.3 Å². The molecule has 246 valence electrons. The van der Waals surface area contributed by atoms with Crippen molar-refractivity contribution in [1.82, 2.24) is 4.57 Å². The summed E-state index contributed by atoms with van der Waals surface area (Å²) in [5.74, 6) is -26.2. The second-order valence-electron chi connectivity index (χ2n) is 10.5. The number of halogens is 12. The molecule has 1 heterocycles. The number of rotatable bonds is 18. The van der Waals surface area contributed by atoms with E-state index in [1.54, 1.807) is 6.07 Å². The molecule has 0 spiro atoms. The molecular formula is C28H35F12N2O+. The van der Waals surface area contributed by atoms with E-state index in [0.29, 0.717) is 30.7 Å². The molecule has 0 aliphatic rings. The van der Waals surface area contributed by atoms with Crippen molar-refractivity contribution >= 4 is 0 Å². The number of alkyl halides is 11. The molecule has 2 rings (SSSR count). The predicted octanol–water partition coefficient (Wildman–Crippen LogP) is 9.28. The van der Waals surface area contributed by atoms with E-state index in [0.717, 1.165) is 38.1 Å². The zero-order chi connectivity index (χ0) is 32.7. The lowest BCUT2D eigenvalue weighted by molar-refractivity contribution is -0.694. The Morgan fingerprint density at radius 1 is 0.721 bits per heavy atom. The van der Waals surface area contributed by atoms with Gasteiger partial charge in [-0.3, -0.25) is 0 Å². The number of aromatic nitrogens is 2. The van der Waals surface area contributed by atoms with Gasteiger partial charge < -0.3 is 4.74 Å². The normalized spacial score (nSPS) is 13.5. The minimum absolute atomic E-state index is 0.110. The number of nitrogens with zero attached hydrogens (tertiary/aromatic N) is 2. The Labute approximate surface area is 241 Å². The highest BCUT2D eigenvalue weighted by atomic mass is 19.4. The number of methoxy groups -OCH3 is 1. The van der Waals surface area contributed by atoms with Crippen LogP contribution in [0.25, 0.3) is 0 Å². The van der Waals surface area contributed by atoms with Crippen LogP contribution in [0, 0.1) is 12.7 Å². The topological polar surface area (TPSA) is 18.0 Å². The fourth-order valence-corrected chi connectivity index (χ4v) is 4.63. The van der Waals surface area contributed by atoms with Gasteiger partial charge in [-0.25, -0.2) is 13.5 Å². The third kappa shape index (κ3) is 8.52. The maximum atomic E-state index is 13.7. The number of hydrogen-bond acceptors (Lipinski definition) is 1. The Kier molecular flexibility index (Phi) is 12.3. The largest absolute Gasteiger partial charge is 0.496 e. The predicted molar refractivity (Wildman–Crippen MR) is 133 cm³/mol. The van der Waals surface area contributed by atoms with Crippen LogP contribution in [0.3, 0.4) is 0 Å².